The van der Waals surface area contributed by atoms with Gasteiger partial charge in [-0.05, 0) is 56.2 Å². The van der Waals surface area contributed by atoms with Crippen molar-refractivity contribution >= 4 is 23.0 Å². The molecule has 2 aromatic carbocycles. The van der Waals surface area contributed by atoms with E-state index in [1.807, 2.05) is 42.2 Å². The Kier molecular flexibility index (Phi) is 5.94. The van der Waals surface area contributed by atoms with E-state index in [1.165, 1.54) is 18.5 Å². The summed E-state index contributed by atoms with van der Waals surface area (Å²) in [5, 5.41) is 3.36. The van der Waals surface area contributed by atoms with Crippen LogP contribution in [0.25, 0.3) is 0 Å². The number of benzene rings is 2. The van der Waals surface area contributed by atoms with Crippen LogP contribution in [-0.4, -0.2) is 32.1 Å². The number of nitrogens with zero attached hydrogens (tertiary/aromatic N) is 2. The van der Waals surface area contributed by atoms with Crippen LogP contribution >= 0.6 is 0 Å². The number of para-hydroxylation sites is 1. The fourth-order valence-electron chi connectivity index (χ4n) is 3.33. The van der Waals surface area contributed by atoms with Crippen LogP contribution < -0.4 is 15.1 Å². The topological polar surface area (TPSA) is 35.6 Å². The van der Waals surface area contributed by atoms with Crippen LogP contribution in [0.2, 0.25) is 0 Å². The highest BCUT2D eigenvalue weighted by Crippen LogP contribution is 2.22. The van der Waals surface area contributed by atoms with E-state index in [1.54, 1.807) is 0 Å². The van der Waals surface area contributed by atoms with Crippen molar-refractivity contribution in [3.8, 4) is 0 Å². The van der Waals surface area contributed by atoms with Gasteiger partial charge in [0.2, 0.25) is 5.91 Å². The predicted octanol–water partition coefficient (Wildman–Crippen LogP) is 4.14. The fraction of sp³-hybridized carbons (Fsp3) is 0.381. The molecule has 2 aromatic rings. The molecule has 0 aromatic heterocycles. The molecule has 4 nitrogen and oxygen atoms in total. The maximum Gasteiger partial charge on any atom is 0.228 e. The molecule has 25 heavy (non-hydrogen) atoms. The molecule has 0 unspecified atom stereocenters. The number of hydrogen-bond donors (Lipinski definition) is 1. The van der Waals surface area contributed by atoms with Crippen LogP contribution in [0.3, 0.4) is 0 Å². The molecule has 0 bridgehead atoms. The Bertz CT molecular complexity index is 663. The summed E-state index contributed by atoms with van der Waals surface area (Å²) < 4.78 is 0. The number of rotatable bonds is 7. The van der Waals surface area contributed by atoms with E-state index in [-0.39, 0.29) is 5.91 Å². The second-order valence-electron chi connectivity index (χ2n) is 6.39. The summed E-state index contributed by atoms with van der Waals surface area (Å²) in [4.78, 5) is 16.7. The van der Waals surface area contributed by atoms with Gasteiger partial charge in [0.25, 0.3) is 0 Å². The highest BCUT2D eigenvalue weighted by atomic mass is 16.2. The average molecular weight is 337 g/mol. The summed E-state index contributed by atoms with van der Waals surface area (Å²) in [5.41, 5.74) is 3.32. The molecule has 1 saturated heterocycles. The lowest BCUT2D eigenvalue weighted by atomic mass is 10.2. The molecule has 132 valence electrons. The molecule has 0 saturated carbocycles. The first-order chi connectivity index (χ1) is 12.3. The highest BCUT2D eigenvalue weighted by molar-refractivity contribution is 5.93. The molecule has 1 amide bonds. The Morgan fingerprint density at radius 2 is 1.72 bits per heavy atom. The first-order valence-corrected chi connectivity index (χ1v) is 9.22. The normalized spacial score (nSPS) is 13.7. The third kappa shape index (κ3) is 4.53. The van der Waals surface area contributed by atoms with Crippen molar-refractivity contribution in [2.45, 2.75) is 26.2 Å². The predicted molar refractivity (Wildman–Crippen MR) is 105 cm³/mol. The summed E-state index contributed by atoms with van der Waals surface area (Å²) in [6.07, 6.45) is 3.06. The number of carbonyl (C=O) groups is 1. The van der Waals surface area contributed by atoms with Crippen molar-refractivity contribution in [1.29, 1.82) is 0 Å². The van der Waals surface area contributed by atoms with Crippen molar-refractivity contribution in [1.82, 2.24) is 0 Å². The highest BCUT2D eigenvalue weighted by Gasteiger charge is 2.13. The molecule has 1 heterocycles. The summed E-state index contributed by atoms with van der Waals surface area (Å²) in [5.74, 6) is 0.148. The number of amides is 1. The number of carbonyl (C=O) groups excluding carboxylic acids is 1. The Morgan fingerprint density at radius 1 is 1.04 bits per heavy atom. The van der Waals surface area contributed by atoms with Crippen molar-refractivity contribution < 1.29 is 4.79 Å². The molecule has 0 spiro atoms. The average Bonchev–Trinajstić information content (AvgIpc) is 3.18. The molecule has 1 aliphatic heterocycles. The standard InChI is InChI=1S/C21H27N3O/c1-2-24(20-8-4-3-5-9-20)21(25)14-15-22-18-10-12-19(13-11-18)23-16-6-7-17-23/h3-5,8-13,22H,2,6-7,14-17H2,1H3. The molecule has 0 radical (unpaired) electrons. The molecular weight excluding hydrogens is 310 g/mol. The second kappa shape index (κ2) is 8.56. The Hall–Kier alpha value is -2.49. The van der Waals surface area contributed by atoms with E-state index in [4.69, 9.17) is 0 Å². The maximum absolute atomic E-state index is 12.5. The van der Waals surface area contributed by atoms with E-state index in [0.717, 1.165) is 24.5 Å². The Labute approximate surface area is 150 Å². The van der Waals surface area contributed by atoms with Crippen LogP contribution in [-0.2, 0) is 4.79 Å². The van der Waals surface area contributed by atoms with Gasteiger partial charge in [-0.25, -0.2) is 0 Å². The molecule has 0 aliphatic carbocycles. The van der Waals surface area contributed by atoms with Gasteiger partial charge in [0.05, 0.1) is 0 Å². The fourth-order valence-corrected chi connectivity index (χ4v) is 3.33. The third-order valence-electron chi connectivity index (χ3n) is 4.69. The summed E-state index contributed by atoms with van der Waals surface area (Å²) in [6, 6.07) is 18.4. The van der Waals surface area contributed by atoms with Crippen LogP contribution in [0.5, 0.6) is 0 Å². The van der Waals surface area contributed by atoms with Crippen molar-refractivity contribution in [2.75, 3.05) is 41.3 Å². The van der Waals surface area contributed by atoms with Gasteiger partial charge in [-0.15, -0.1) is 0 Å². The van der Waals surface area contributed by atoms with Crippen molar-refractivity contribution in [3.05, 3.63) is 54.6 Å². The summed E-state index contributed by atoms with van der Waals surface area (Å²) in [7, 11) is 0. The van der Waals surface area contributed by atoms with Gasteiger partial charge in [-0.1, -0.05) is 18.2 Å². The minimum Gasteiger partial charge on any atom is -0.385 e. The summed E-state index contributed by atoms with van der Waals surface area (Å²) in [6.45, 7) is 5.66. The molecule has 1 aliphatic rings. The molecule has 1 fully saturated rings. The van der Waals surface area contributed by atoms with E-state index >= 15 is 0 Å². The number of nitrogens with one attached hydrogen (secondary N) is 1. The van der Waals surface area contributed by atoms with Gasteiger partial charge in [0.15, 0.2) is 0 Å². The van der Waals surface area contributed by atoms with Crippen LogP contribution in [0.4, 0.5) is 17.1 Å². The van der Waals surface area contributed by atoms with E-state index in [9.17, 15) is 4.79 Å². The lowest BCUT2D eigenvalue weighted by molar-refractivity contribution is -0.118. The van der Waals surface area contributed by atoms with Crippen molar-refractivity contribution in [3.63, 3.8) is 0 Å². The SMILES string of the molecule is CCN(C(=O)CCNc1ccc(N2CCCC2)cc1)c1ccccc1. The van der Waals surface area contributed by atoms with Crippen LogP contribution in [0.15, 0.2) is 54.6 Å². The smallest absolute Gasteiger partial charge is 0.228 e. The Morgan fingerprint density at radius 3 is 2.36 bits per heavy atom. The van der Waals surface area contributed by atoms with Gasteiger partial charge in [-0.2, -0.15) is 0 Å². The largest absolute Gasteiger partial charge is 0.385 e. The van der Waals surface area contributed by atoms with Gasteiger partial charge >= 0.3 is 0 Å². The molecule has 0 atom stereocenters. The van der Waals surface area contributed by atoms with Gasteiger partial charge in [0, 0.05) is 49.7 Å². The zero-order valence-electron chi connectivity index (χ0n) is 14.9. The number of anilines is 3. The first-order valence-electron chi connectivity index (χ1n) is 9.22. The minimum absolute atomic E-state index is 0.148. The van der Waals surface area contributed by atoms with E-state index in [2.05, 4.69) is 34.5 Å². The van der Waals surface area contributed by atoms with Crippen molar-refractivity contribution in [2.24, 2.45) is 0 Å². The number of hydrogen-bond acceptors (Lipinski definition) is 3. The van der Waals surface area contributed by atoms with Crippen LogP contribution in [0, 0.1) is 0 Å². The minimum atomic E-state index is 0.148. The summed E-state index contributed by atoms with van der Waals surface area (Å²) >= 11 is 0. The van der Waals surface area contributed by atoms with E-state index < -0.39 is 0 Å². The van der Waals surface area contributed by atoms with E-state index in [0.29, 0.717) is 19.5 Å². The molecule has 4 heteroatoms. The van der Waals surface area contributed by atoms with Gasteiger partial charge < -0.3 is 15.1 Å². The lowest BCUT2D eigenvalue weighted by Crippen LogP contribution is -2.31. The molecule has 3 rings (SSSR count). The monoisotopic (exact) mass is 337 g/mol. The third-order valence-corrected chi connectivity index (χ3v) is 4.69. The quantitative estimate of drug-likeness (QED) is 0.825. The van der Waals surface area contributed by atoms with Gasteiger partial charge in [-0.3, -0.25) is 4.79 Å². The second-order valence-corrected chi connectivity index (χ2v) is 6.39. The zero-order chi connectivity index (χ0) is 17.5. The first kappa shape index (κ1) is 17.3. The zero-order valence-corrected chi connectivity index (χ0v) is 14.9. The van der Waals surface area contributed by atoms with Crippen LogP contribution in [0.1, 0.15) is 26.2 Å². The van der Waals surface area contributed by atoms with Gasteiger partial charge in [0.1, 0.15) is 0 Å². The maximum atomic E-state index is 12.5. The molecular formula is C21H27N3O. The lowest BCUT2D eigenvalue weighted by Gasteiger charge is -2.21. The molecule has 1 N–H and O–H groups in total. The Balaban J connectivity index is 1.49.